The first-order chi connectivity index (χ1) is 9.16. The van der Waals surface area contributed by atoms with Gasteiger partial charge < -0.3 is 10.2 Å². The summed E-state index contributed by atoms with van der Waals surface area (Å²) in [6.07, 6.45) is -0.461. The Morgan fingerprint density at radius 2 is 2.05 bits per heavy atom. The zero-order chi connectivity index (χ0) is 15.5. The molecular formula is C12H16FNO5S. The Bertz CT molecular complexity index is 600. The van der Waals surface area contributed by atoms with Gasteiger partial charge in [-0.3, -0.25) is 0 Å². The van der Waals surface area contributed by atoms with Crippen molar-refractivity contribution >= 4 is 16.0 Å². The SMILES string of the molecule is CC(O)CCN(C)S(=O)(=O)c1ccc(C(=O)O)cc1F. The van der Waals surface area contributed by atoms with Crippen molar-refractivity contribution in [1.29, 1.82) is 0 Å². The number of aliphatic hydroxyl groups is 1. The molecule has 8 heteroatoms. The molecule has 112 valence electrons. The van der Waals surface area contributed by atoms with Crippen molar-refractivity contribution in [2.24, 2.45) is 0 Å². The molecule has 0 aliphatic carbocycles. The van der Waals surface area contributed by atoms with Gasteiger partial charge in [-0.1, -0.05) is 0 Å². The molecule has 0 saturated heterocycles. The molecule has 1 rings (SSSR count). The highest BCUT2D eigenvalue weighted by molar-refractivity contribution is 7.89. The van der Waals surface area contributed by atoms with Crippen molar-refractivity contribution in [2.45, 2.75) is 24.3 Å². The van der Waals surface area contributed by atoms with E-state index in [0.29, 0.717) is 6.07 Å². The van der Waals surface area contributed by atoms with Crippen LogP contribution in [-0.2, 0) is 10.0 Å². The average Bonchev–Trinajstić information content (AvgIpc) is 2.35. The lowest BCUT2D eigenvalue weighted by Crippen LogP contribution is -2.30. The molecule has 6 nitrogen and oxygen atoms in total. The monoisotopic (exact) mass is 305 g/mol. The Labute approximate surface area is 116 Å². The number of benzene rings is 1. The van der Waals surface area contributed by atoms with Crippen LogP contribution in [0.25, 0.3) is 0 Å². The average molecular weight is 305 g/mol. The Kier molecular flexibility index (Phi) is 5.21. The van der Waals surface area contributed by atoms with Crippen LogP contribution >= 0.6 is 0 Å². The molecule has 20 heavy (non-hydrogen) atoms. The smallest absolute Gasteiger partial charge is 0.335 e. The molecule has 1 unspecified atom stereocenters. The van der Waals surface area contributed by atoms with Crippen molar-refractivity contribution in [3.63, 3.8) is 0 Å². The second-order valence-electron chi connectivity index (χ2n) is 4.41. The van der Waals surface area contributed by atoms with Crippen LogP contribution < -0.4 is 0 Å². The lowest BCUT2D eigenvalue weighted by molar-refractivity contribution is 0.0696. The fraction of sp³-hybridized carbons (Fsp3) is 0.417. The summed E-state index contributed by atoms with van der Waals surface area (Å²) in [6.45, 7) is 1.54. The number of carbonyl (C=O) groups is 1. The molecule has 0 aliphatic heterocycles. The third-order valence-electron chi connectivity index (χ3n) is 2.73. The van der Waals surface area contributed by atoms with E-state index in [1.165, 1.54) is 14.0 Å². The van der Waals surface area contributed by atoms with Crippen molar-refractivity contribution in [2.75, 3.05) is 13.6 Å². The summed E-state index contributed by atoms with van der Waals surface area (Å²) in [4.78, 5) is 10.1. The molecule has 0 heterocycles. The van der Waals surface area contributed by atoms with Crippen LogP contribution in [0.1, 0.15) is 23.7 Å². The highest BCUT2D eigenvalue weighted by atomic mass is 32.2. The molecule has 0 spiro atoms. The fourth-order valence-electron chi connectivity index (χ4n) is 1.50. The maximum Gasteiger partial charge on any atom is 0.335 e. The minimum absolute atomic E-state index is 0.0279. The predicted octanol–water partition coefficient (Wildman–Crippen LogP) is 0.915. The number of carboxylic acid groups (broad SMARTS) is 1. The lowest BCUT2D eigenvalue weighted by atomic mass is 10.2. The number of aromatic carboxylic acids is 1. The molecule has 0 radical (unpaired) electrons. The van der Waals surface area contributed by atoms with E-state index in [9.17, 15) is 17.6 Å². The van der Waals surface area contributed by atoms with Gasteiger partial charge in [-0.25, -0.2) is 21.9 Å². The summed E-state index contributed by atoms with van der Waals surface area (Å²) in [6, 6.07) is 2.62. The van der Waals surface area contributed by atoms with Crippen LogP contribution in [-0.4, -0.2) is 48.6 Å². The molecule has 0 bridgehead atoms. The van der Waals surface area contributed by atoms with Crippen molar-refractivity contribution in [3.8, 4) is 0 Å². The number of hydrogen-bond donors (Lipinski definition) is 2. The van der Waals surface area contributed by atoms with Gasteiger partial charge >= 0.3 is 5.97 Å². The van der Waals surface area contributed by atoms with Gasteiger partial charge in [-0.05, 0) is 31.5 Å². The van der Waals surface area contributed by atoms with Crippen molar-refractivity contribution in [1.82, 2.24) is 4.31 Å². The second-order valence-corrected chi connectivity index (χ2v) is 6.43. The zero-order valence-corrected chi connectivity index (χ0v) is 11.9. The first kappa shape index (κ1) is 16.5. The molecular weight excluding hydrogens is 289 g/mol. The number of halogens is 1. The predicted molar refractivity (Wildman–Crippen MR) is 69.5 cm³/mol. The first-order valence-electron chi connectivity index (χ1n) is 5.83. The highest BCUT2D eigenvalue weighted by Gasteiger charge is 2.25. The summed E-state index contributed by atoms with van der Waals surface area (Å²) in [5, 5.41) is 17.8. The summed E-state index contributed by atoms with van der Waals surface area (Å²) in [5.74, 6) is -2.45. The van der Waals surface area contributed by atoms with Gasteiger partial charge in [0.25, 0.3) is 0 Å². The van der Waals surface area contributed by atoms with E-state index in [-0.39, 0.29) is 18.5 Å². The third kappa shape index (κ3) is 3.75. The van der Waals surface area contributed by atoms with Crippen LogP contribution in [0.4, 0.5) is 4.39 Å². The molecule has 1 aromatic rings. The maximum absolute atomic E-state index is 13.7. The Morgan fingerprint density at radius 1 is 1.45 bits per heavy atom. The molecule has 0 fully saturated rings. The van der Waals surface area contributed by atoms with E-state index in [1.807, 2.05) is 0 Å². The Hall–Kier alpha value is -1.51. The van der Waals surface area contributed by atoms with E-state index in [0.717, 1.165) is 16.4 Å². The number of nitrogens with zero attached hydrogens (tertiary/aromatic N) is 1. The van der Waals surface area contributed by atoms with Gasteiger partial charge in [0.15, 0.2) is 0 Å². The van der Waals surface area contributed by atoms with E-state index in [1.54, 1.807) is 0 Å². The Morgan fingerprint density at radius 3 is 2.50 bits per heavy atom. The van der Waals surface area contributed by atoms with Gasteiger partial charge in [0.1, 0.15) is 10.7 Å². The van der Waals surface area contributed by atoms with Crippen LogP contribution in [0.5, 0.6) is 0 Å². The summed E-state index contributed by atoms with van der Waals surface area (Å²) >= 11 is 0. The molecule has 1 atom stereocenters. The molecule has 0 amide bonds. The summed E-state index contributed by atoms with van der Waals surface area (Å²) in [5.41, 5.74) is -0.326. The van der Waals surface area contributed by atoms with E-state index in [2.05, 4.69) is 0 Å². The zero-order valence-electron chi connectivity index (χ0n) is 11.1. The number of rotatable bonds is 6. The standard InChI is InChI=1S/C12H16FNO5S/c1-8(15)5-6-14(2)20(18,19)11-4-3-9(12(16)17)7-10(11)13/h3-4,7-8,15H,5-6H2,1-2H3,(H,16,17). The number of aliphatic hydroxyl groups excluding tert-OH is 1. The maximum atomic E-state index is 13.7. The van der Waals surface area contributed by atoms with E-state index < -0.39 is 32.8 Å². The normalized spacial score (nSPS) is 13.4. The van der Waals surface area contributed by atoms with Gasteiger partial charge in [-0.15, -0.1) is 0 Å². The van der Waals surface area contributed by atoms with Crippen LogP contribution in [0.2, 0.25) is 0 Å². The highest BCUT2D eigenvalue weighted by Crippen LogP contribution is 2.20. The molecule has 0 aliphatic rings. The molecule has 0 aromatic heterocycles. The van der Waals surface area contributed by atoms with Crippen LogP contribution in [0.15, 0.2) is 23.1 Å². The number of sulfonamides is 1. The largest absolute Gasteiger partial charge is 0.478 e. The number of carboxylic acids is 1. The first-order valence-corrected chi connectivity index (χ1v) is 7.27. The third-order valence-corrected chi connectivity index (χ3v) is 4.62. The molecule has 1 aromatic carbocycles. The van der Waals surface area contributed by atoms with Crippen molar-refractivity contribution in [3.05, 3.63) is 29.6 Å². The van der Waals surface area contributed by atoms with Gasteiger partial charge in [-0.2, -0.15) is 0 Å². The molecule has 2 N–H and O–H groups in total. The number of hydrogen-bond acceptors (Lipinski definition) is 4. The van der Waals surface area contributed by atoms with Gasteiger partial charge in [0.05, 0.1) is 11.7 Å². The fourth-order valence-corrected chi connectivity index (χ4v) is 2.73. The van der Waals surface area contributed by atoms with Gasteiger partial charge in [0.2, 0.25) is 10.0 Å². The minimum atomic E-state index is -4.05. The summed E-state index contributed by atoms with van der Waals surface area (Å²) < 4.78 is 38.9. The quantitative estimate of drug-likeness (QED) is 0.815. The second kappa shape index (κ2) is 6.29. The van der Waals surface area contributed by atoms with Gasteiger partial charge in [0, 0.05) is 13.6 Å². The van der Waals surface area contributed by atoms with Crippen LogP contribution in [0, 0.1) is 5.82 Å². The minimum Gasteiger partial charge on any atom is -0.478 e. The van der Waals surface area contributed by atoms with E-state index in [4.69, 9.17) is 10.2 Å². The summed E-state index contributed by atoms with van der Waals surface area (Å²) in [7, 11) is -2.79. The van der Waals surface area contributed by atoms with Crippen molar-refractivity contribution < 1.29 is 27.8 Å². The van der Waals surface area contributed by atoms with Crippen LogP contribution in [0.3, 0.4) is 0 Å². The lowest BCUT2D eigenvalue weighted by Gasteiger charge is -2.18. The topological polar surface area (TPSA) is 94.9 Å². The Balaban J connectivity index is 3.06. The van der Waals surface area contributed by atoms with E-state index >= 15 is 0 Å². The molecule has 0 saturated carbocycles.